The number of anilines is 3. The average molecular weight is 897 g/mol. The van der Waals surface area contributed by atoms with Crippen molar-refractivity contribution in [1.29, 1.82) is 0 Å². The van der Waals surface area contributed by atoms with Crippen LogP contribution in [0.25, 0.3) is 29.1 Å². The molecule has 1 atom stereocenters. The molecule has 0 fully saturated rings. The summed E-state index contributed by atoms with van der Waals surface area (Å²) < 4.78 is 2.71. The Balaban J connectivity index is 0.000000162. The fourth-order valence-corrected chi connectivity index (χ4v) is 7.06. The van der Waals surface area contributed by atoms with Crippen LogP contribution in [0.1, 0.15) is 27.9 Å². The van der Waals surface area contributed by atoms with Gasteiger partial charge < -0.3 is 5.32 Å². The van der Waals surface area contributed by atoms with Crippen LogP contribution >= 0.6 is 33.1 Å². The van der Waals surface area contributed by atoms with Crippen molar-refractivity contribution in [2.75, 3.05) is 17.3 Å². The van der Waals surface area contributed by atoms with E-state index in [1.807, 2.05) is 136 Å². The van der Waals surface area contributed by atoms with Crippen molar-refractivity contribution < 1.29 is 9.85 Å². The van der Waals surface area contributed by atoms with E-state index in [9.17, 15) is 20.2 Å². The van der Waals surface area contributed by atoms with Gasteiger partial charge in [-0.05, 0) is 64.1 Å². The molecule has 1 aromatic heterocycles. The summed E-state index contributed by atoms with van der Waals surface area (Å²) in [5, 5.41) is 30.0. The van der Waals surface area contributed by atoms with Crippen LogP contribution in [0.4, 0.5) is 28.4 Å². The van der Waals surface area contributed by atoms with E-state index in [-0.39, 0.29) is 11.4 Å². The number of nitro groups is 2. The number of rotatable bonds is 9. The van der Waals surface area contributed by atoms with E-state index in [1.54, 1.807) is 12.1 Å². The van der Waals surface area contributed by atoms with Gasteiger partial charge in [-0.1, -0.05) is 54.6 Å². The zero-order valence-corrected chi connectivity index (χ0v) is 34.2. The second-order valence-electron chi connectivity index (χ2n) is 12.8. The summed E-state index contributed by atoms with van der Waals surface area (Å²) in [6.45, 7) is 6.65. The number of nitrogen functional groups attached to an aromatic ring is 1. The van der Waals surface area contributed by atoms with Crippen LogP contribution in [0.2, 0.25) is 0 Å². The summed E-state index contributed by atoms with van der Waals surface area (Å²) in [6, 6.07) is 45.1. The number of fused-ring (bicyclic) bond motifs is 2. The van der Waals surface area contributed by atoms with Gasteiger partial charge in [0, 0.05) is 44.8 Å². The Morgan fingerprint density at radius 3 is 1.98 bits per heavy atom. The minimum absolute atomic E-state index is 0.0674. The van der Waals surface area contributed by atoms with E-state index >= 15 is 0 Å². The molecule has 0 saturated carbocycles. The topological polar surface area (TPSA) is 155 Å². The summed E-state index contributed by atoms with van der Waals surface area (Å²) in [4.78, 5) is 24.9. The van der Waals surface area contributed by atoms with Gasteiger partial charge in [-0.15, -0.1) is 0 Å². The van der Waals surface area contributed by atoms with Gasteiger partial charge in [0.05, 0.1) is 22.1 Å². The molecule has 0 aliphatic carbocycles. The molecule has 0 spiro atoms. The fraction of sp³-hybridized carbons (Fsp3) is 0.0455. The molecule has 1 aliphatic heterocycles. The Morgan fingerprint density at radius 2 is 1.36 bits per heavy atom. The van der Waals surface area contributed by atoms with Crippen molar-refractivity contribution >= 4 is 103 Å². The summed E-state index contributed by atoms with van der Waals surface area (Å²) >= 11 is 2.03. The van der Waals surface area contributed by atoms with Gasteiger partial charge in [0.15, 0.2) is 0 Å². The molecule has 1 unspecified atom stereocenters. The van der Waals surface area contributed by atoms with E-state index in [0.29, 0.717) is 17.9 Å². The number of nitro benzene ring substituents is 2. The molecular weight excluding hydrogens is 860 g/mol. The predicted molar refractivity (Wildman–Crippen MR) is 249 cm³/mol. The number of aromatic nitrogens is 2. The van der Waals surface area contributed by atoms with Gasteiger partial charge in [0.1, 0.15) is 0 Å². The van der Waals surface area contributed by atoms with Gasteiger partial charge in [-0.25, -0.2) is 0 Å². The Bertz CT molecular complexity index is 2700. The average Bonchev–Trinajstić information content (AvgIpc) is 3.81. The van der Waals surface area contributed by atoms with Crippen molar-refractivity contribution in [3.63, 3.8) is 0 Å². The van der Waals surface area contributed by atoms with E-state index in [4.69, 9.17) is 12.5 Å². The number of nitrogens with zero attached hydrogens (tertiary/aromatic N) is 5. The third-order valence-corrected chi connectivity index (χ3v) is 10.1. The molecule has 11 nitrogen and oxygen atoms in total. The molecule has 7 aromatic rings. The Labute approximate surface area is 352 Å². The summed E-state index contributed by atoms with van der Waals surface area (Å²) in [5.74, 6) is 0. The molecule has 14 heteroatoms. The second-order valence-corrected chi connectivity index (χ2v) is 15.4. The molecule has 8 rings (SSSR count). The SMILES string of the molecule is O=[N+]([O-])c1cccc(I)c1.O=[N+]([O-])c1cccc(Nc2ccc3c(c2)CN=C3/C=C/c2ccccc2)c1.[B]=S(C)n1nc(/C=C/c2ccccc2)c2ccc(N)cc21. The summed E-state index contributed by atoms with van der Waals surface area (Å²) in [5.41, 5.74) is 15.7. The Morgan fingerprint density at radius 1 is 0.741 bits per heavy atom. The Hall–Kier alpha value is -6.52. The van der Waals surface area contributed by atoms with Crippen LogP contribution in [0, 0.1) is 23.8 Å². The first kappa shape index (κ1) is 41.1. The molecule has 2 heterocycles. The Kier molecular flexibility index (Phi) is 13.9. The van der Waals surface area contributed by atoms with Gasteiger partial charge in [0.25, 0.3) is 11.4 Å². The zero-order valence-electron chi connectivity index (χ0n) is 31.2. The normalized spacial score (nSPS) is 12.2. The maximum atomic E-state index is 10.9. The van der Waals surface area contributed by atoms with Gasteiger partial charge in [0.2, 0.25) is 0 Å². The van der Waals surface area contributed by atoms with Crippen LogP contribution in [0.5, 0.6) is 0 Å². The summed E-state index contributed by atoms with van der Waals surface area (Å²) in [7, 11) is -0.473. The van der Waals surface area contributed by atoms with Gasteiger partial charge in [-0.2, -0.15) is 0 Å². The third-order valence-electron chi connectivity index (χ3n) is 8.61. The molecule has 0 saturated heterocycles. The second kappa shape index (κ2) is 19.6. The van der Waals surface area contributed by atoms with Crippen LogP contribution in [0.3, 0.4) is 0 Å². The van der Waals surface area contributed by atoms with E-state index in [2.05, 4.69) is 45.7 Å². The first-order valence-electron chi connectivity index (χ1n) is 17.8. The fourth-order valence-electron chi connectivity index (χ4n) is 5.85. The molecule has 6 aromatic carbocycles. The van der Waals surface area contributed by atoms with Crippen molar-refractivity contribution in [3.8, 4) is 0 Å². The first-order valence-corrected chi connectivity index (χ1v) is 20.5. The van der Waals surface area contributed by atoms with E-state index in [1.165, 1.54) is 24.3 Å². The molecule has 287 valence electrons. The minimum atomic E-state index is -0.473. The number of non-ortho nitro benzene ring substituents is 2. The number of nitrogens with one attached hydrogen (secondary N) is 1. The van der Waals surface area contributed by atoms with Crippen molar-refractivity contribution in [1.82, 2.24) is 9.19 Å². The van der Waals surface area contributed by atoms with Gasteiger partial charge in [-0.3, -0.25) is 25.2 Å². The summed E-state index contributed by atoms with van der Waals surface area (Å²) in [6.07, 6.45) is 10.1. The number of hydrogen-bond donors (Lipinski definition) is 2. The molecular formula is C44H36BIN7O4S. The number of allylic oxidation sites excluding steroid dienone is 1. The monoisotopic (exact) mass is 896 g/mol. The molecule has 0 bridgehead atoms. The molecule has 0 amide bonds. The van der Waals surface area contributed by atoms with Crippen LogP contribution in [-0.4, -0.2) is 37.7 Å². The number of aliphatic imine (C=N–C) groups is 1. The van der Waals surface area contributed by atoms with Crippen LogP contribution < -0.4 is 11.1 Å². The maximum absolute atomic E-state index is 10.9. The molecule has 3 N–H and O–H groups in total. The number of nitrogens with two attached hydrogens (primary N) is 1. The van der Waals surface area contributed by atoms with E-state index in [0.717, 1.165) is 53.8 Å². The van der Waals surface area contributed by atoms with Crippen molar-refractivity contribution in [2.24, 2.45) is 4.99 Å². The first-order chi connectivity index (χ1) is 28.0. The predicted octanol–water partition coefficient (Wildman–Crippen LogP) is 11.1. The van der Waals surface area contributed by atoms with Crippen molar-refractivity contribution in [3.05, 3.63) is 203 Å². The quantitative estimate of drug-likeness (QED) is 0.0480. The van der Waals surface area contributed by atoms with Gasteiger partial charge >= 0.3 is 127 Å². The molecule has 1 radical (unpaired) electrons. The van der Waals surface area contributed by atoms with Crippen molar-refractivity contribution in [2.45, 2.75) is 6.54 Å². The number of hydrogen-bond acceptors (Lipinski definition) is 8. The van der Waals surface area contributed by atoms with Crippen LogP contribution in [0.15, 0.2) is 157 Å². The zero-order chi connectivity index (χ0) is 41.0. The third kappa shape index (κ3) is 11.1. The number of halogens is 1. The van der Waals surface area contributed by atoms with E-state index < -0.39 is 20.4 Å². The van der Waals surface area contributed by atoms with Crippen LogP contribution in [-0.2, 0) is 6.54 Å². The molecule has 58 heavy (non-hydrogen) atoms. The standard InChI is InChI=1S/C22H17N3O2.C16H15BN3S.C6H4INO2/c26-25(27)20-8-4-7-18(14-20)24-19-10-11-21-17(13-19)15-23-22(21)12-9-16-5-2-1-3-6-16;1-21(17)20-16-11-13(18)8-9-14(16)15(19-20)10-7-12-5-3-2-4-6-12;7-5-2-1-3-6(4-5)8(9)10/h1-14,24H,15H2;2-11H,18H2,1H3;1-4H/b12-9+;10-7+;. The number of benzene rings is 6. The molecule has 1 aliphatic rings.